The summed E-state index contributed by atoms with van der Waals surface area (Å²) in [7, 11) is 1.60. The Labute approximate surface area is 138 Å². The van der Waals surface area contributed by atoms with Crippen molar-refractivity contribution in [1.29, 1.82) is 0 Å². The van der Waals surface area contributed by atoms with Crippen molar-refractivity contribution in [1.82, 2.24) is 10.2 Å². The molecule has 1 aromatic heterocycles. The molecule has 0 bridgehead atoms. The third-order valence-electron chi connectivity index (χ3n) is 3.17. The number of aromatic nitrogens is 2. The van der Waals surface area contributed by atoms with E-state index in [2.05, 4.69) is 15.5 Å². The van der Waals surface area contributed by atoms with Gasteiger partial charge in [0.15, 0.2) is 5.69 Å². The number of H-pyrrole nitrogens is 1. The molecule has 122 valence electrons. The Morgan fingerprint density at radius 1 is 1.35 bits per heavy atom. The van der Waals surface area contributed by atoms with Crippen LogP contribution in [0.5, 0.6) is 5.75 Å². The molecule has 2 aromatic rings. The first-order valence-corrected chi connectivity index (χ1v) is 7.76. The summed E-state index contributed by atoms with van der Waals surface area (Å²) >= 11 is 1.40. The van der Waals surface area contributed by atoms with Crippen LogP contribution in [0.1, 0.15) is 23.1 Å². The molecule has 0 radical (unpaired) electrons. The number of amides is 2. The fraction of sp³-hybridized carbons (Fsp3) is 0.267. The minimum atomic E-state index is -0.694. The fourth-order valence-electron chi connectivity index (χ4n) is 1.90. The molecule has 0 unspecified atom stereocenters. The molecule has 1 aromatic carbocycles. The van der Waals surface area contributed by atoms with Crippen LogP contribution >= 0.6 is 11.8 Å². The van der Waals surface area contributed by atoms with Crippen LogP contribution in [0, 0.1) is 6.92 Å². The molecule has 0 aliphatic rings. The number of carbonyl (C=O) groups is 2. The number of aryl methyl sites for hydroxylation is 1. The summed E-state index contributed by atoms with van der Waals surface area (Å²) in [6.45, 7) is 3.49. The predicted octanol–water partition coefficient (Wildman–Crippen LogP) is 1.94. The molecule has 1 atom stereocenters. The number of benzene rings is 1. The van der Waals surface area contributed by atoms with Crippen molar-refractivity contribution in [2.24, 2.45) is 5.73 Å². The lowest BCUT2D eigenvalue weighted by atomic mass is 10.2. The Morgan fingerprint density at radius 2 is 2.00 bits per heavy atom. The van der Waals surface area contributed by atoms with E-state index in [0.717, 1.165) is 10.6 Å². The van der Waals surface area contributed by atoms with Gasteiger partial charge in [-0.25, -0.2) is 0 Å². The van der Waals surface area contributed by atoms with E-state index in [0.29, 0.717) is 11.4 Å². The van der Waals surface area contributed by atoms with E-state index in [1.54, 1.807) is 21.0 Å². The fourth-order valence-corrected chi connectivity index (χ4v) is 2.76. The van der Waals surface area contributed by atoms with Crippen LogP contribution < -0.4 is 15.8 Å². The van der Waals surface area contributed by atoms with Gasteiger partial charge in [0.25, 0.3) is 5.91 Å². The summed E-state index contributed by atoms with van der Waals surface area (Å²) in [6, 6.07) is 7.42. The standard InChI is InChI=1S/C15H18N4O3S/c1-8-12(13(14(16)20)19-18-8)17-15(21)9(2)23-11-6-4-10(22-3)5-7-11/h4-7,9H,1-3H3,(H2,16,20)(H,17,21)(H,18,19)/t9-/m1/s1. The summed E-state index contributed by atoms with van der Waals surface area (Å²) in [5.74, 6) is -0.176. The van der Waals surface area contributed by atoms with Crippen molar-refractivity contribution in [2.45, 2.75) is 24.0 Å². The van der Waals surface area contributed by atoms with E-state index in [1.807, 2.05) is 24.3 Å². The number of nitrogens with two attached hydrogens (primary N) is 1. The summed E-state index contributed by atoms with van der Waals surface area (Å²) in [5.41, 5.74) is 6.17. The minimum Gasteiger partial charge on any atom is -0.497 e. The SMILES string of the molecule is COc1ccc(S[C@H](C)C(=O)Nc2c(C(N)=O)n[nH]c2C)cc1. The molecule has 2 amide bonds. The predicted molar refractivity (Wildman–Crippen MR) is 88.8 cm³/mol. The molecule has 8 heteroatoms. The van der Waals surface area contributed by atoms with Gasteiger partial charge >= 0.3 is 0 Å². The molecule has 1 heterocycles. The zero-order valence-electron chi connectivity index (χ0n) is 13.0. The number of hydrogen-bond donors (Lipinski definition) is 3. The van der Waals surface area contributed by atoms with Gasteiger partial charge in [-0.1, -0.05) is 0 Å². The van der Waals surface area contributed by atoms with Crippen LogP contribution in [0.3, 0.4) is 0 Å². The molecular weight excluding hydrogens is 316 g/mol. The lowest BCUT2D eigenvalue weighted by Crippen LogP contribution is -2.24. The molecule has 0 aliphatic heterocycles. The highest BCUT2D eigenvalue weighted by Gasteiger charge is 2.21. The Kier molecular flexibility index (Phi) is 5.28. The zero-order valence-corrected chi connectivity index (χ0v) is 13.9. The van der Waals surface area contributed by atoms with E-state index in [-0.39, 0.29) is 16.9 Å². The average molecular weight is 334 g/mol. The first-order chi connectivity index (χ1) is 10.9. The van der Waals surface area contributed by atoms with Crippen LogP contribution in [0.15, 0.2) is 29.2 Å². The van der Waals surface area contributed by atoms with E-state index in [4.69, 9.17) is 10.5 Å². The molecular formula is C15H18N4O3S. The van der Waals surface area contributed by atoms with Gasteiger partial charge in [-0.3, -0.25) is 14.7 Å². The van der Waals surface area contributed by atoms with Gasteiger partial charge in [0.1, 0.15) is 5.75 Å². The van der Waals surface area contributed by atoms with Crippen LogP contribution in [0.2, 0.25) is 0 Å². The number of anilines is 1. The second-order valence-electron chi connectivity index (χ2n) is 4.86. The van der Waals surface area contributed by atoms with Gasteiger partial charge in [0, 0.05) is 4.90 Å². The number of methoxy groups -OCH3 is 1. The average Bonchev–Trinajstić information content (AvgIpc) is 2.89. The number of carbonyl (C=O) groups excluding carboxylic acids is 2. The Morgan fingerprint density at radius 3 is 2.57 bits per heavy atom. The monoisotopic (exact) mass is 334 g/mol. The number of rotatable bonds is 6. The Hall–Kier alpha value is -2.48. The second kappa shape index (κ2) is 7.19. The number of aromatic amines is 1. The van der Waals surface area contributed by atoms with Crippen LogP contribution in [-0.4, -0.2) is 34.4 Å². The highest BCUT2D eigenvalue weighted by molar-refractivity contribution is 8.00. The highest BCUT2D eigenvalue weighted by Crippen LogP contribution is 2.27. The maximum Gasteiger partial charge on any atom is 0.271 e. The lowest BCUT2D eigenvalue weighted by Gasteiger charge is -2.12. The number of nitrogens with one attached hydrogen (secondary N) is 2. The third-order valence-corrected chi connectivity index (χ3v) is 4.28. The molecule has 7 nitrogen and oxygen atoms in total. The number of hydrogen-bond acceptors (Lipinski definition) is 5. The largest absolute Gasteiger partial charge is 0.497 e. The minimum absolute atomic E-state index is 0.0255. The number of thioether (sulfide) groups is 1. The van der Waals surface area contributed by atoms with Gasteiger partial charge in [-0.05, 0) is 38.1 Å². The summed E-state index contributed by atoms with van der Waals surface area (Å²) in [5, 5.41) is 8.78. The van der Waals surface area contributed by atoms with E-state index >= 15 is 0 Å². The van der Waals surface area contributed by atoms with Crippen LogP contribution in [0.25, 0.3) is 0 Å². The van der Waals surface area contributed by atoms with Crippen molar-refractivity contribution < 1.29 is 14.3 Å². The molecule has 2 rings (SSSR count). The van der Waals surface area contributed by atoms with Crippen LogP contribution in [0.4, 0.5) is 5.69 Å². The molecule has 0 fully saturated rings. The normalized spacial score (nSPS) is 11.8. The van der Waals surface area contributed by atoms with Crippen molar-refractivity contribution in [3.63, 3.8) is 0 Å². The number of primary amides is 1. The molecule has 0 aliphatic carbocycles. The van der Waals surface area contributed by atoms with Gasteiger partial charge < -0.3 is 15.8 Å². The first-order valence-electron chi connectivity index (χ1n) is 6.88. The van der Waals surface area contributed by atoms with E-state index in [9.17, 15) is 9.59 Å². The molecule has 0 saturated carbocycles. The van der Waals surface area contributed by atoms with E-state index < -0.39 is 5.91 Å². The van der Waals surface area contributed by atoms with E-state index in [1.165, 1.54) is 11.8 Å². The summed E-state index contributed by atoms with van der Waals surface area (Å²) in [4.78, 5) is 24.6. The van der Waals surface area contributed by atoms with Crippen molar-refractivity contribution in [2.75, 3.05) is 12.4 Å². The van der Waals surface area contributed by atoms with Crippen molar-refractivity contribution >= 4 is 29.3 Å². The highest BCUT2D eigenvalue weighted by atomic mass is 32.2. The third kappa shape index (κ3) is 4.04. The van der Waals surface area contributed by atoms with Crippen molar-refractivity contribution in [3.8, 4) is 5.75 Å². The zero-order chi connectivity index (χ0) is 17.0. The van der Waals surface area contributed by atoms with Gasteiger partial charge in [0.2, 0.25) is 5.91 Å². The van der Waals surface area contributed by atoms with Gasteiger partial charge in [-0.2, -0.15) is 5.10 Å². The molecule has 0 spiro atoms. The topological polar surface area (TPSA) is 110 Å². The summed E-state index contributed by atoms with van der Waals surface area (Å²) in [6.07, 6.45) is 0. The number of nitrogens with zero attached hydrogens (tertiary/aromatic N) is 1. The molecule has 4 N–H and O–H groups in total. The van der Waals surface area contributed by atoms with Crippen LogP contribution in [-0.2, 0) is 4.79 Å². The molecule has 0 saturated heterocycles. The second-order valence-corrected chi connectivity index (χ2v) is 6.28. The van der Waals surface area contributed by atoms with Gasteiger partial charge in [0.05, 0.1) is 23.7 Å². The first kappa shape index (κ1) is 16.9. The van der Waals surface area contributed by atoms with Gasteiger partial charge in [-0.15, -0.1) is 11.8 Å². The lowest BCUT2D eigenvalue weighted by molar-refractivity contribution is -0.115. The summed E-state index contributed by atoms with van der Waals surface area (Å²) < 4.78 is 5.10. The Balaban J connectivity index is 2.05. The maximum atomic E-state index is 12.3. The van der Waals surface area contributed by atoms with Crippen molar-refractivity contribution in [3.05, 3.63) is 35.7 Å². The smallest absolute Gasteiger partial charge is 0.271 e. The number of ether oxygens (including phenoxy) is 1. The quantitative estimate of drug-likeness (QED) is 0.699. The maximum absolute atomic E-state index is 12.3. The Bertz CT molecular complexity index is 712. The molecule has 23 heavy (non-hydrogen) atoms.